The molecular weight excluding hydrogens is 1130 g/mol. The number of Topliss-reactive ketones (excluding diaryl/α,β-unsaturated/α-hetero) is 1. The number of nitrogens with zero attached hydrogens (tertiary/aromatic N) is 2. The lowest BCUT2D eigenvalue weighted by molar-refractivity contribution is 0.0118. The van der Waals surface area contributed by atoms with Gasteiger partial charge >= 0.3 is 12.2 Å². The molecule has 0 aromatic heterocycles. The number of aliphatic hydroxyl groups excluding tert-OH is 2. The molecule has 5 atom stereocenters. The highest BCUT2D eigenvalue weighted by Crippen LogP contribution is 2.40. The van der Waals surface area contributed by atoms with Crippen LogP contribution in [0.25, 0.3) is 0 Å². The van der Waals surface area contributed by atoms with Gasteiger partial charge in [-0.25, -0.2) is 34.8 Å². The number of fused-ring (bicyclic) bond motifs is 3. The van der Waals surface area contributed by atoms with E-state index in [1.54, 1.807) is 135 Å². The molecule has 0 spiro atoms. The van der Waals surface area contributed by atoms with Crippen LogP contribution in [0.2, 0.25) is 0 Å². The first kappa shape index (κ1) is 63.2. The van der Waals surface area contributed by atoms with Crippen LogP contribution in [0.3, 0.4) is 0 Å². The largest absolute Gasteiger partial charge is 0.489 e. The van der Waals surface area contributed by atoms with E-state index in [0.717, 1.165) is 0 Å². The molecule has 6 aromatic rings. The fraction of sp³-hybridized carbons (Fsp3) is 0.361. The van der Waals surface area contributed by atoms with Crippen molar-refractivity contribution >= 4 is 47.5 Å². The smallest absolute Gasteiger partial charge is 0.410 e. The second-order valence-corrected chi connectivity index (χ2v) is 28.0. The predicted octanol–water partition coefficient (Wildman–Crippen LogP) is 9.21. The molecule has 3 aliphatic heterocycles. The van der Waals surface area contributed by atoms with Crippen molar-refractivity contribution < 1.29 is 73.5 Å². The Labute approximate surface area is 485 Å². The van der Waals surface area contributed by atoms with Crippen molar-refractivity contribution in [3.05, 3.63) is 162 Å². The fourth-order valence-corrected chi connectivity index (χ4v) is 13.0. The summed E-state index contributed by atoms with van der Waals surface area (Å²) in [4.78, 5) is 40.5. The van der Waals surface area contributed by atoms with Gasteiger partial charge in [0.2, 0.25) is 29.5 Å². The maximum Gasteiger partial charge on any atom is 0.410 e. The Bertz CT molecular complexity index is 3610. The van der Waals surface area contributed by atoms with E-state index in [2.05, 4.69) is 5.32 Å². The predicted molar refractivity (Wildman–Crippen MR) is 308 cm³/mol. The quantitative estimate of drug-likeness (QED) is 0.103. The Morgan fingerprint density at radius 3 is 1.27 bits per heavy atom. The highest BCUT2D eigenvalue weighted by molar-refractivity contribution is 7.92. The number of sulfone groups is 3. The van der Waals surface area contributed by atoms with Crippen molar-refractivity contribution in [1.82, 2.24) is 15.1 Å². The monoisotopic (exact) mass is 1200 g/mol. The second-order valence-electron chi connectivity index (χ2n) is 22.1. The van der Waals surface area contributed by atoms with Crippen LogP contribution in [-0.4, -0.2) is 134 Å². The second kappa shape index (κ2) is 26.1. The number of rotatable bonds is 12. The van der Waals surface area contributed by atoms with Gasteiger partial charge in [0.1, 0.15) is 46.8 Å². The maximum absolute atomic E-state index is 12.9. The highest BCUT2D eigenvalue weighted by Gasteiger charge is 2.34. The number of ether oxygens (including phenoxy) is 5. The summed E-state index contributed by atoms with van der Waals surface area (Å²) in [5.74, 6) is 0.766. The van der Waals surface area contributed by atoms with E-state index >= 15 is 0 Å². The Morgan fingerprint density at radius 1 is 0.518 bits per heavy atom. The molecule has 0 saturated carbocycles. The molecule has 0 bridgehead atoms. The van der Waals surface area contributed by atoms with E-state index in [4.69, 9.17) is 23.7 Å². The van der Waals surface area contributed by atoms with Crippen LogP contribution in [0.4, 0.5) is 9.59 Å². The van der Waals surface area contributed by atoms with Gasteiger partial charge in [-0.1, -0.05) is 66.7 Å². The van der Waals surface area contributed by atoms with E-state index in [0.29, 0.717) is 41.2 Å². The zero-order chi connectivity index (χ0) is 60.7. The van der Waals surface area contributed by atoms with Crippen molar-refractivity contribution in [3.63, 3.8) is 0 Å². The molecule has 22 heteroatoms. The van der Waals surface area contributed by atoms with Crippen LogP contribution in [0.5, 0.6) is 17.2 Å². The van der Waals surface area contributed by atoms with Crippen molar-refractivity contribution in [1.29, 1.82) is 0 Å². The molecule has 5 unspecified atom stereocenters. The molecule has 3 aliphatic rings. The Morgan fingerprint density at radius 2 is 0.867 bits per heavy atom. The first-order valence-corrected chi connectivity index (χ1v) is 31.2. The molecule has 0 saturated heterocycles. The summed E-state index contributed by atoms with van der Waals surface area (Å²) < 4.78 is 105. The van der Waals surface area contributed by atoms with Crippen molar-refractivity contribution in [3.8, 4) is 17.2 Å². The minimum Gasteiger partial charge on any atom is -0.489 e. The molecule has 444 valence electrons. The normalized spacial score (nSPS) is 18.4. The molecule has 3 heterocycles. The molecule has 83 heavy (non-hydrogen) atoms. The molecule has 9 rings (SSSR count). The van der Waals surface area contributed by atoms with E-state index in [9.17, 15) is 49.9 Å². The lowest BCUT2D eigenvalue weighted by atomic mass is 9.99. The molecular formula is C61H71N3O16S3. The van der Waals surface area contributed by atoms with Gasteiger partial charge in [0.15, 0.2) is 5.78 Å². The SMILES string of the molecule is CN(CC1CC(=O)c2ccc(S(=O)(=O)c3ccccc3)cc2O1)C(=O)OC(C)(C)C.CN(CC1CC(O)c2ccc(S(=O)(=O)c3ccccc3)cc2O1)C(=O)OC(C)(C)C.CNCC1CC(O)c2ccc(S(=O)(=O)c3ccccc3)cc2O1. The van der Waals surface area contributed by atoms with Gasteiger partial charge in [0.25, 0.3) is 0 Å². The zero-order valence-corrected chi connectivity index (χ0v) is 50.2. The molecule has 6 aromatic carbocycles. The van der Waals surface area contributed by atoms with Gasteiger partial charge < -0.3 is 49.0 Å². The molecule has 2 amide bonds. The van der Waals surface area contributed by atoms with Crippen LogP contribution >= 0.6 is 0 Å². The van der Waals surface area contributed by atoms with Crippen molar-refractivity contribution in [2.45, 2.75) is 132 Å². The molecule has 0 aliphatic carbocycles. The maximum atomic E-state index is 12.9. The van der Waals surface area contributed by atoms with Gasteiger partial charge in [-0.05, 0) is 127 Å². The number of aliphatic hydroxyl groups is 2. The summed E-state index contributed by atoms with van der Waals surface area (Å²) in [5, 5.41) is 23.7. The summed E-state index contributed by atoms with van der Waals surface area (Å²) in [6.45, 7) is 11.6. The lowest BCUT2D eigenvalue weighted by Crippen LogP contribution is -2.42. The number of benzene rings is 6. The molecule has 0 fully saturated rings. The number of hydrogen-bond donors (Lipinski definition) is 3. The summed E-state index contributed by atoms with van der Waals surface area (Å²) in [6, 6.07) is 37.8. The Hall–Kier alpha value is -7.34. The van der Waals surface area contributed by atoms with E-state index in [1.807, 2.05) is 7.05 Å². The van der Waals surface area contributed by atoms with Gasteiger partial charge in [-0.15, -0.1) is 0 Å². The van der Waals surface area contributed by atoms with Gasteiger partial charge in [-0.2, -0.15) is 0 Å². The number of likely N-dealkylation sites (N-methyl/N-ethyl adjacent to an activating group) is 3. The number of nitrogens with one attached hydrogen (secondary N) is 1. The average molecular weight is 1200 g/mol. The number of ketones is 1. The molecule has 0 radical (unpaired) electrons. The van der Waals surface area contributed by atoms with Crippen LogP contribution < -0.4 is 19.5 Å². The summed E-state index contributed by atoms with van der Waals surface area (Å²) in [5.41, 5.74) is 0.230. The van der Waals surface area contributed by atoms with E-state index in [1.165, 1.54) is 76.5 Å². The Kier molecular flexibility index (Phi) is 19.9. The van der Waals surface area contributed by atoms with E-state index in [-0.39, 0.29) is 72.9 Å². The minimum absolute atomic E-state index is 0.0430. The Balaban J connectivity index is 0.000000181. The van der Waals surface area contributed by atoms with Crippen molar-refractivity contribution in [2.75, 3.05) is 40.8 Å². The zero-order valence-electron chi connectivity index (χ0n) is 47.7. The number of carbonyl (C=O) groups excluding carboxylic acids is 3. The number of carbonyl (C=O) groups is 3. The first-order valence-electron chi connectivity index (χ1n) is 26.7. The highest BCUT2D eigenvalue weighted by atomic mass is 32.2. The van der Waals surface area contributed by atoms with Gasteiger partial charge in [-0.3, -0.25) is 4.79 Å². The van der Waals surface area contributed by atoms with Crippen LogP contribution in [0.1, 0.15) is 94.5 Å². The third-order valence-corrected chi connectivity index (χ3v) is 18.4. The van der Waals surface area contributed by atoms with Gasteiger partial charge in [0, 0.05) is 51.0 Å². The van der Waals surface area contributed by atoms with Crippen LogP contribution in [0, 0.1) is 0 Å². The average Bonchev–Trinajstić information content (AvgIpc) is 3.64. The van der Waals surface area contributed by atoms with Gasteiger partial charge in [0.05, 0.1) is 60.2 Å². The van der Waals surface area contributed by atoms with Crippen LogP contribution in [-0.2, 0) is 39.0 Å². The van der Waals surface area contributed by atoms with Crippen LogP contribution in [0.15, 0.2) is 175 Å². The third-order valence-electron chi connectivity index (χ3n) is 13.1. The van der Waals surface area contributed by atoms with Crippen molar-refractivity contribution in [2.24, 2.45) is 0 Å². The molecule has 19 nitrogen and oxygen atoms in total. The summed E-state index contributed by atoms with van der Waals surface area (Å²) in [6.07, 6.45) is -2.91. The molecule has 3 N–H and O–H groups in total. The number of hydrogen-bond acceptors (Lipinski definition) is 17. The first-order chi connectivity index (χ1) is 39.0. The minimum atomic E-state index is -3.74. The van der Waals surface area contributed by atoms with E-state index < -0.39 is 77.3 Å². The topological polar surface area (TPSA) is 259 Å². The summed E-state index contributed by atoms with van der Waals surface area (Å²) in [7, 11) is -6.08. The summed E-state index contributed by atoms with van der Waals surface area (Å²) >= 11 is 0. The number of amides is 2. The fourth-order valence-electron chi connectivity index (χ4n) is 9.07. The lowest BCUT2D eigenvalue weighted by Gasteiger charge is -2.33. The third kappa shape index (κ3) is 16.1. The standard InChI is InChI=1S/C22H27NO6S.C22H25NO6S.C17H19NO4S/c2*1-22(2,3)29-21(25)23(4)14-15-12-19(24)18-11-10-17(13-20(18)28-15)30(26,27)16-8-6-5-7-9-16;1-18-11-12-9-16(19)15-8-7-14(10-17(15)22-12)23(20,21)13-5-3-2-4-6-13/h5-11,13,15,19,24H,12,14H2,1-4H3;5-11,13,15H,12,14H2,1-4H3;2-8,10,12,16,18-19H,9,11H2,1H3.